The van der Waals surface area contributed by atoms with Gasteiger partial charge in [-0.15, -0.1) is 0 Å². The summed E-state index contributed by atoms with van der Waals surface area (Å²) in [5, 5.41) is 10.3. The van der Waals surface area contributed by atoms with Crippen LogP contribution in [0.25, 0.3) is 0 Å². The Hall–Kier alpha value is -1.10. The van der Waals surface area contributed by atoms with Crippen LogP contribution in [0.15, 0.2) is 18.2 Å². The molecule has 4 nitrogen and oxygen atoms in total. The van der Waals surface area contributed by atoms with Gasteiger partial charge in [-0.2, -0.15) is 0 Å². The highest BCUT2D eigenvalue weighted by Crippen LogP contribution is 2.31. The largest absolute Gasteiger partial charge is 0.389 e. The molecule has 0 spiro atoms. The number of nitrogens with zero attached hydrogens (tertiary/aromatic N) is 1. The lowest BCUT2D eigenvalue weighted by molar-refractivity contribution is -0.0574. The Morgan fingerprint density at radius 1 is 1.38 bits per heavy atom. The average Bonchev–Trinajstić information content (AvgIpc) is 2.91. The number of fused-ring (bicyclic) bond motifs is 1. The van der Waals surface area contributed by atoms with E-state index >= 15 is 0 Å². The normalized spacial score (nSPS) is 20.6. The molecule has 3 rings (SSSR count). The average molecular weight is 291 g/mol. The summed E-state index contributed by atoms with van der Waals surface area (Å²) in [5.41, 5.74) is 4.00. The van der Waals surface area contributed by atoms with E-state index in [1.54, 1.807) is 0 Å². The minimum Gasteiger partial charge on any atom is -0.389 e. The third kappa shape index (κ3) is 3.57. The lowest BCUT2D eigenvalue weighted by Crippen LogP contribution is -2.36. The van der Waals surface area contributed by atoms with E-state index < -0.39 is 6.10 Å². The molecule has 0 aliphatic carbocycles. The molecule has 2 heterocycles. The third-order valence-electron chi connectivity index (χ3n) is 4.41. The molecule has 1 atom stereocenters. The number of para-hydroxylation sites is 1. The Morgan fingerprint density at radius 2 is 2.19 bits per heavy atom. The molecule has 2 aliphatic rings. The number of aryl methyl sites for hydroxylation is 1. The zero-order chi connectivity index (χ0) is 14.7. The van der Waals surface area contributed by atoms with E-state index in [9.17, 15) is 5.11 Å². The second kappa shape index (κ2) is 6.77. The summed E-state index contributed by atoms with van der Waals surface area (Å²) in [6.45, 7) is 5.76. The van der Waals surface area contributed by atoms with E-state index in [0.29, 0.717) is 13.2 Å². The lowest BCUT2D eigenvalue weighted by atomic mass is 10.1. The molecule has 0 aromatic heterocycles. The van der Waals surface area contributed by atoms with Crippen LogP contribution in [-0.4, -0.2) is 50.2 Å². The SMILES string of the molecule is Cc1cccc2c1N(CC(O)COC1CCOCC1)CC2. The van der Waals surface area contributed by atoms with Crippen molar-refractivity contribution in [2.45, 2.75) is 38.4 Å². The lowest BCUT2D eigenvalue weighted by Gasteiger charge is -2.27. The Labute approximate surface area is 126 Å². The van der Waals surface area contributed by atoms with Gasteiger partial charge in [0.15, 0.2) is 0 Å². The molecule has 1 N–H and O–H groups in total. The Kier molecular flexibility index (Phi) is 4.78. The summed E-state index contributed by atoms with van der Waals surface area (Å²) in [7, 11) is 0. The van der Waals surface area contributed by atoms with Crippen LogP contribution in [0.3, 0.4) is 0 Å². The van der Waals surface area contributed by atoms with E-state index in [1.807, 2.05) is 0 Å². The summed E-state index contributed by atoms with van der Waals surface area (Å²) in [6, 6.07) is 6.44. The first kappa shape index (κ1) is 14.8. The predicted molar refractivity (Wildman–Crippen MR) is 82.9 cm³/mol. The molecule has 0 bridgehead atoms. The van der Waals surface area contributed by atoms with Crippen molar-refractivity contribution in [1.29, 1.82) is 0 Å². The fourth-order valence-corrected chi connectivity index (χ4v) is 3.32. The second-order valence-corrected chi connectivity index (χ2v) is 6.08. The van der Waals surface area contributed by atoms with Crippen LogP contribution < -0.4 is 4.90 Å². The van der Waals surface area contributed by atoms with Gasteiger partial charge in [-0.1, -0.05) is 18.2 Å². The van der Waals surface area contributed by atoms with Crippen molar-refractivity contribution < 1.29 is 14.6 Å². The third-order valence-corrected chi connectivity index (χ3v) is 4.41. The van der Waals surface area contributed by atoms with Gasteiger partial charge in [0.05, 0.1) is 18.8 Å². The minimum absolute atomic E-state index is 0.251. The van der Waals surface area contributed by atoms with Crippen LogP contribution in [0.4, 0.5) is 5.69 Å². The van der Waals surface area contributed by atoms with Crippen LogP contribution in [0.1, 0.15) is 24.0 Å². The van der Waals surface area contributed by atoms with Crippen LogP contribution in [-0.2, 0) is 15.9 Å². The first-order valence-corrected chi connectivity index (χ1v) is 7.95. The van der Waals surface area contributed by atoms with Gasteiger partial charge in [0.25, 0.3) is 0 Å². The molecular weight excluding hydrogens is 266 g/mol. The fourth-order valence-electron chi connectivity index (χ4n) is 3.32. The molecule has 4 heteroatoms. The molecule has 1 unspecified atom stereocenters. The maximum absolute atomic E-state index is 10.3. The minimum atomic E-state index is -0.432. The number of hydrogen-bond donors (Lipinski definition) is 1. The number of rotatable bonds is 5. The molecular formula is C17H25NO3. The van der Waals surface area contributed by atoms with Crippen molar-refractivity contribution >= 4 is 5.69 Å². The summed E-state index contributed by atoms with van der Waals surface area (Å²) in [6.07, 6.45) is 2.78. The van der Waals surface area contributed by atoms with Gasteiger partial charge in [-0.3, -0.25) is 0 Å². The summed E-state index contributed by atoms with van der Waals surface area (Å²) in [5.74, 6) is 0. The maximum Gasteiger partial charge on any atom is 0.0948 e. The van der Waals surface area contributed by atoms with Gasteiger partial charge in [-0.05, 0) is 37.3 Å². The van der Waals surface area contributed by atoms with Crippen molar-refractivity contribution in [3.8, 4) is 0 Å². The van der Waals surface area contributed by atoms with Crippen molar-refractivity contribution in [2.24, 2.45) is 0 Å². The number of aliphatic hydroxyl groups is 1. The molecule has 1 fully saturated rings. The first-order valence-electron chi connectivity index (χ1n) is 7.95. The summed E-state index contributed by atoms with van der Waals surface area (Å²) >= 11 is 0. The maximum atomic E-state index is 10.3. The van der Waals surface area contributed by atoms with Gasteiger partial charge in [0, 0.05) is 32.0 Å². The second-order valence-electron chi connectivity index (χ2n) is 6.08. The molecule has 116 valence electrons. The Morgan fingerprint density at radius 3 is 3.00 bits per heavy atom. The molecule has 1 aromatic rings. The Balaban J connectivity index is 1.51. The number of ether oxygens (including phenoxy) is 2. The van der Waals surface area contributed by atoms with Crippen LogP contribution in [0, 0.1) is 6.92 Å². The first-order chi connectivity index (χ1) is 10.2. The van der Waals surface area contributed by atoms with E-state index in [1.165, 1.54) is 16.8 Å². The number of β-amino-alcohol motifs (C(OH)–C–C–N with tert-alkyl or cyclic N) is 1. The van der Waals surface area contributed by atoms with E-state index in [4.69, 9.17) is 9.47 Å². The number of anilines is 1. The van der Waals surface area contributed by atoms with Crippen molar-refractivity contribution in [3.63, 3.8) is 0 Å². The highest BCUT2D eigenvalue weighted by atomic mass is 16.5. The van der Waals surface area contributed by atoms with Gasteiger partial charge in [-0.25, -0.2) is 0 Å². The van der Waals surface area contributed by atoms with Crippen LogP contribution in [0.5, 0.6) is 0 Å². The highest BCUT2D eigenvalue weighted by Gasteiger charge is 2.23. The molecule has 1 saturated heterocycles. The van der Waals surface area contributed by atoms with E-state index in [2.05, 4.69) is 30.0 Å². The van der Waals surface area contributed by atoms with Gasteiger partial charge in [0.1, 0.15) is 0 Å². The molecule has 21 heavy (non-hydrogen) atoms. The summed E-state index contributed by atoms with van der Waals surface area (Å²) < 4.78 is 11.1. The van der Waals surface area contributed by atoms with Gasteiger partial charge in [0.2, 0.25) is 0 Å². The van der Waals surface area contributed by atoms with E-state index in [0.717, 1.165) is 39.0 Å². The molecule has 2 aliphatic heterocycles. The van der Waals surface area contributed by atoms with Crippen molar-refractivity contribution in [3.05, 3.63) is 29.3 Å². The van der Waals surface area contributed by atoms with Crippen LogP contribution >= 0.6 is 0 Å². The zero-order valence-electron chi connectivity index (χ0n) is 12.8. The number of hydrogen-bond acceptors (Lipinski definition) is 4. The number of aliphatic hydroxyl groups excluding tert-OH is 1. The quantitative estimate of drug-likeness (QED) is 0.900. The van der Waals surface area contributed by atoms with Crippen LogP contribution in [0.2, 0.25) is 0 Å². The van der Waals surface area contributed by atoms with Crippen molar-refractivity contribution in [1.82, 2.24) is 0 Å². The monoisotopic (exact) mass is 291 g/mol. The van der Waals surface area contributed by atoms with Gasteiger partial charge >= 0.3 is 0 Å². The molecule has 1 aromatic carbocycles. The highest BCUT2D eigenvalue weighted by molar-refractivity contribution is 5.62. The summed E-state index contributed by atoms with van der Waals surface area (Å²) in [4.78, 5) is 2.29. The topological polar surface area (TPSA) is 41.9 Å². The predicted octanol–water partition coefficient (Wildman–Crippen LogP) is 1.91. The molecule has 0 amide bonds. The van der Waals surface area contributed by atoms with Gasteiger partial charge < -0.3 is 19.5 Å². The fraction of sp³-hybridized carbons (Fsp3) is 0.647. The standard InChI is InChI=1S/C17H25NO3/c1-13-3-2-4-14-5-8-18(17(13)14)11-15(19)12-21-16-6-9-20-10-7-16/h2-4,15-16,19H,5-12H2,1H3. The molecule has 0 saturated carbocycles. The molecule has 0 radical (unpaired) electrons. The van der Waals surface area contributed by atoms with Crippen molar-refractivity contribution in [2.75, 3.05) is 37.8 Å². The Bertz CT molecular complexity index is 471. The van der Waals surface area contributed by atoms with E-state index in [-0.39, 0.29) is 6.10 Å². The number of benzene rings is 1. The smallest absolute Gasteiger partial charge is 0.0948 e. The zero-order valence-corrected chi connectivity index (χ0v) is 12.8.